The Balaban J connectivity index is 1.91. The van der Waals surface area contributed by atoms with Crippen molar-refractivity contribution in [3.05, 3.63) is 0 Å². The van der Waals surface area contributed by atoms with Crippen LogP contribution >= 0.6 is 0 Å². The summed E-state index contributed by atoms with van der Waals surface area (Å²) >= 11 is 0. The normalized spacial score (nSPS) is 46.4. The molecule has 2 aliphatic heterocycles. The highest BCUT2D eigenvalue weighted by Gasteiger charge is 2.55. The van der Waals surface area contributed by atoms with Gasteiger partial charge in [-0.25, -0.2) is 9.98 Å². The quantitative estimate of drug-likeness (QED) is 0.0702. The van der Waals surface area contributed by atoms with Gasteiger partial charge in [-0.05, 0) is 14.0 Å². The number of aldehydes is 1. The number of hydrogen-bond donors (Lipinski definition) is 11. The number of hydrogen-bond acceptors (Lipinski definition) is 14. The Morgan fingerprint density at radius 1 is 0.846 bits per heavy atom. The minimum Gasteiger partial charge on any atom is -0.394 e. The topological polar surface area (TPSA) is 316 Å². The Hall–Kier alpha value is -2.23. The number of nitrogens with one attached hydrogen (secondary N) is 1. The van der Waals surface area contributed by atoms with Gasteiger partial charge in [0.15, 0.2) is 24.5 Å². The number of likely N-dealkylation sites (N-methyl/N-ethyl adjacent to an activating group) is 1. The lowest BCUT2D eigenvalue weighted by atomic mass is 9.81. The number of nitrogens with zero attached hydrogens (tertiary/aromatic N) is 2. The highest BCUT2D eigenvalue weighted by molar-refractivity contribution is 5.76. The van der Waals surface area contributed by atoms with Gasteiger partial charge >= 0.3 is 0 Å². The average molecular weight is 566 g/mol. The number of ether oxygens (including phenoxy) is 4. The summed E-state index contributed by atoms with van der Waals surface area (Å²) in [5.74, 6) is -1.89. The molecule has 224 valence electrons. The maximum Gasteiger partial charge on any atom is 0.186 e. The van der Waals surface area contributed by atoms with E-state index in [1.165, 1.54) is 7.05 Å². The van der Waals surface area contributed by atoms with Gasteiger partial charge in [0.2, 0.25) is 0 Å². The number of rotatable bonds is 9. The van der Waals surface area contributed by atoms with Crippen molar-refractivity contribution in [2.24, 2.45) is 38.8 Å². The number of aliphatic hydroxyl groups excluding tert-OH is 6. The van der Waals surface area contributed by atoms with Crippen LogP contribution < -0.4 is 28.3 Å². The second-order valence-corrected chi connectivity index (χ2v) is 9.71. The van der Waals surface area contributed by atoms with Crippen LogP contribution in [0.3, 0.4) is 0 Å². The molecule has 3 rings (SSSR count). The van der Waals surface area contributed by atoms with E-state index in [2.05, 4.69) is 15.3 Å². The van der Waals surface area contributed by atoms with Gasteiger partial charge in [0.1, 0.15) is 67.2 Å². The van der Waals surface area contributed by atoms with Crippen LogP contribution in [0.5, 0.6) is 0 Å². The third-order valence-electron chi connectivity index (χ3n) is 7.16. The van der Waals surface area contributed by atoms with Gasteiger partial charge in [0, 0.05) is 0 Å². The van der Waals surface area contributed by atoms with E-state index in [0.29, 0.717) is 6.29 Å². The molecule has 0 spiro atoms. The summed E-state index contributed by atoms with van der Waals surface area (Å²) < 4.78 is 23.4. The van der Waals surface area contributed by atoms with E-state index in [0.717, 1.165) is 0 Å². The molecule has 0 bridgehead atoms. The fourth-order valence-electron chi connectivity index (χ4n) is 5.10. The van der Waals surface area contributed by atoms with E-state index in [1.54, 1.807) is 6.92 Å². The molecule has 0 radical (unpaired) electrons. The Morgan fingerprint density at radius 3 is 1.97 bits per heavy atom. The first-order valence-corrected chi connectivity index (χ1v) is 12.3. The van der Waals surface area contributed by atoms with E-state index in [9.17, 15) is 35.4 Å². The average Bonchev–Trinajstić information content (AvgIpc) is 3.17. The molecular formula is C21H39N7O11. The lowest BCUT2D eigenvalue weighted by molar-refractivity contribution is -0.308. The van der Waals surface area contributed by atoms with E-state index in [-0.39, 0.29) is 0 Å². The number of carbonyl (C=O) groups is 1. The maximum absolute atomic E-state index is 12.0. The standard InChI is InChI=1S/C21H39N7O11/c1-5-6(3-29)16(38-18-10(26-2)14(34)11(31)7(4-30)37-18)19(36-5)39-17-9(28-21(24)25)12(32)8(27-20(22)23)13(33)15(17)35/h3,5-19,26,30-35H,4H2,1-2H3,(H4,22,23,27)(H4,24,25,28). The molecule has 2 heterocycles. The molecule has 15 unspecified atom stereocenters. The zero-order valence-electron chi connectivity index (χ0n) is 21.4. The number of aliphatic imine (C=N–C) groups is 2. The minimum absolute atomic E-state index is 0.469. The molecule has 15 atom stereocenters. The summed E-state index contributed by atoms with van der Waals surface area (Å²) in [6.45, 7) is 0.929. The van der Waals surface area contributed by atoms with Crippen molar-refractivity contribution in [2.45, 2.75) is 92.6 Å². The molecule has 1 aliphatic carbocycles. The Kier molecular flexibility index (Phi) is 10.4. The third-order valence-corrected chi connectivity index (χ3v) is 7.16. The van der Waals surface area contributed by atoms with Crippen LogP contribution in [-0.4, -0.2) is 148 Å². The summed E-state index contributed by atoms with van der Waals surface area (Å²) in [7, 11) is 1.48. The number of guanidine groups is 2. The molecule has 3 fully saturated rings. The Bertz CT molecular complexity index is 892. The molecule has 18 nitrogen and oxygen atoms in total. The molecule has 1 saturated carbocycles. The van der Waals surface area contributed by atoms with Crippen molar-refractivity contribution in [1.29, 1.82) is 0 Å². The van der Waals surface area contributed by atoms with Gasteiger partial charge in [-0.15, -0.1) is 0 Å². The number of carbonyl (C=O) groups excluding carboxylic acids is 1. The van der Waals surface area contributed by atoms with Crippen molar-refractivity contribution < 1.29 is 54.4 Å². The van der Waals surface area contributed by atoms with Crippen molar-refractivity contribution in [1.82, 2.24) is 5.32 Å². The van der Waals surface area contributed by atoms with Crippen LogP contribution in [0, 0.1) is 5.92 Å². The van der Waals surface area contributed by atoms with Gasteiger partial charge in [0.25, 0.3) is 0 Å². The smallest absolute Gasteiger partial charge is 0.186 e. The largest absolute Gasteiger partial charge is 0.394 e. The highest BCUT2D eigenvalue weighted by atomic mass is 16.8. The Labute approximate surface area is 223 Å². The van der Waals surface area contributed by atoms with Crippen LogP contribution in [0.25, 0.3) is 0 Å². The lowest BCUT2D eigenvalue weighted by Gasteiger charge is -2.45. The van der Waals surface area contributed by atoms with Crippen LogP contribution in [0.1, 0.15) is 6.92 Å². The first-order valence-electron chi connectivity index (χ1n) is 12.3. The molecule has 0 aromatic heterocycles. The predicted molar refractivity (Wildman–Crippen MR) is 131 cm³/mol. The van der Waals surface area contributed by atoms with Crippen molar-refractivity contribution >= 4 is 18.2 Å². The molecule has 2 saturated heterocycles. The Morgan fingerprint density at radius 2 is 1.44 bits per heavy atom. The number of aliphatic hydroxyl groups is 6. The summed E-state index contributed by atoms with van der Waals surface area (Å²) in [6, 6.07) is -3.81. The predicted octanol–water partition coefficient (Wildman–Crippen LogP) is -7.28. The molecule has 15 N–H and O–H groups in total. The van der Waals surface area contributed by atoms with E-state index in [1.807, 2.05) is 0 Å². The molecule has 3 aliphatic rings. The molecule has 0 aromatic carbocycles. The minimum atomic E-state index is -1.75. The van der Waals surface area contributed by atoms with Gasteiger partial charge in [-0.3, -0.25) is 0 Å². The molecule has 18 heteroatoms. The van der Waals surface area contributed by atoms with Crippen molar-refractivity contribution in [3.63, 3.8) is 0 Å². The first-order chi connectivity index (χ1) is 18.4. The fraction of sp³-hybridized carbons (Fsp3) is 0.857. The highest BCUT2D eigenvalue weighted by Crippen LogP contribution is 2.36. The maximum atomic E-state index is 12.0. The molecule has 0 aromatic rings. The summed E-state index contributed by atoms with van der Waals surface area (Å²) in [5.41, 5.74) is 21.8. The SMILES string of the molecule is CNC1C(OC2C(OC3C(O)C(O)C(N=C(N)N)C(O)C3N=C(N)N)OC(C)C2C=O)OC(CO)C(O)C1O. The van der Waals surface area contributed by atoms with E-state index in [4.69, 9.17) is 41.9 Å². The van der Waals surface area contributed by atoms with Crippen LogP contribution in [0.15, 0.2) is 9.98 Å². The molecular weight excluding hydrogens is 526 g/mol. The van der Waals surface area contributed by atoms with Crippen LogP contribution in [-0.2, 0) is 23.7 Å². The number of nitrogens with two attached hydrogens (primary N) is 4. The van der Waals surface area contributed by atoms with E-state index >= 15 is 0 Å². The molecule has 0 amide bonds. The first kappa shape index (κ1) is 31.3. The summed E-state index contributed by atoms with van der Waals surface area (Å²) in [5, 5.41) is 65.5. The van der Waals surface area contributed by atoms with Gasteiger partial charge < -0.3 is 82.6 Å². The zero-order valence-corrected chi connectivity index (χ0v) is 21.4. The van der Waals surface area contributed by atoms with Gasteiger partial charge in [-0.1, -0.05) is 0 Å². The fourth-order valence-corrected chi connectivity index (χ4v) is 5.10. The van der Waals surface area contributed by atoms with Gasteiger partial charge in [-0.2, -0.15) is 0 Å². The van der Waals surface area contributed by atoms with Crippen molar-refractivity contribution in [2.75, 3.05) is 13.7 Å². The lowest BCUT2D eigenvalue weighted by Crippen LogP contribution is -2.65. The summed E-state index contributed by atoms with van der Waals surface area (Å²) in [6.07, 6.45) is -14.8. The third kappa shape index (κ3) is 6.41. The van der Waals surface area contributed by atoms with Gasteiger partial charge in [0.05, 0.1) is 24.7 Å². The molecule has 39 heavy (non-hydrogen) atoms. The second-order valence-electron chi connectivity index (χ2n) is 9.71. The monoisotopic (exact) mass is 565 g/mol. The van der Waals surface area contributed by atoms with Crippen LogP contribution in [0.4, 0.5) is 0 Å². The van der Waals surface area contributed by atoms with Crippen molar-refractivity contribution in [3.8, 4) is 0 Å². The summed E-state index contributed by atoms with van der Waals surface area (Å²) in [4.78, 5) is 19.7. The van der Waals surface area contributed by atoms with E-state index < -0.39 is 110 Å². The second kappa shape index (κ2) is 13.0. The zero-order chi connectivity index (χ0) is 29.2. The van der Waals surface area contributed by atoms with Crippen LogP contribution in [0.2, 0.25) is 0 Å².